The van der Waals surface area contributed by atoms with E-state index in [9.17, 15) is 9.59 Å². The molecule has 0 fully saturated rings. The van der Waals surface area contributed by atoms with Crippen LogP contribution in [0, 0.1) is 28.1 Å². The number of hydrogen-bond acceptors (Lipinski definition) is 5. The van der Waals surface area contributed by atoms with Gasteiger partial charge < -0.3 is 9.47 Å². The molecule has 0 aliphatic carbocycles. The highest BCUT2D eigenvalue weighted by Crippen LogP contribution is 2.20. The third-order valence-electron chi connectivity index (χ3n) is 6.57. The molecule has 0 saturated heterocycles. The summed E-state index contributed by atoms with van der Waals surface area (Å²) in [6.45, 7) is 18.4. The lowest BCUT2D eigenvalue weighted by Crippen LogP contribution is -2.24. The summed E-state index contributed by atoms with van der Waals surface area (Å²) in [6.07, 6.45) is 15.8. The van der Waals surface area contributed by atoms with Crippen molar-refractivity contribution in [3.63, 3.8) is 0 Å². The molecule has 0 saturated carbocycles. The van der Waals surface area contributed by atoms with Crippen LogP contribution in [0.15, 0.2) is 0 Å². The van der Waals surface area contributed by atoms with Crippen LogP contribution in [0.2, 0.25) is 0 Å². The predicted octanol–water partition coefficient (Wildman–Crippen LogP) is 9.04. The number of unbranched alkanes of at least 4 members (excludes halogenated alkanes) is 9. The molecule has 0 radical (unpaired) electrons. The lowest BCUT2D eigenvalue weighted by Gasteiger charge is -2.17. The Kier molecular flexibility index (Phi) is 26.2. The number of carbonyl (C=O) groups excluding carboxylic acids is 2. The van der Waals surface area contributed by atoms with Crippen molar-refractivity contribution in [3.05, 3.63) is 0 Å². The van der Waals surface area contributed by atoms with Crippen molar-refractivity contribution in [3.8, 4) is 6.07 Å². The summed E-state index contributed by atoms with van der Waals surface area (Å²) in [5.41, 5.74) is -0.422. The highest BCUT2D eigenvalue weighted by atomic mass is 16.5. The maximum absolute atomic E-state index is 11.4. The number of ether oxygens (including phenoxy) is 2. The molecule has 0 spiro atoms. The van der Waals surface area contributed by atoms with E-state index in [1.165, 1.54) is 64.9 Å². The zero-order valence-corrected chi connectivity index (χ0v) is 25.1. The summed E-state index contributed by atoms with van der Waals surface area (Å²) in [5.74, 6) is -0.105. The molecule has 0 aromatic carbocycles. The second kappa shape index (κ2) is 24.1. The van der Waals surface area contributed by atoms with Gasteiger partial charge in [0.05, 0.1) is 36.5 Å². The van der Waals surface area contributed by atoms with E-state index in [-0.39, 0.29) is 28.7 Å². The Bertz CT molecular complexity index is 549. The van der Waals surface area contributed by atoms with Gasteiger partial charge in [-0.3, -0.25) is 9.59 Å². The summed E-state index contributed by atoms with van der Waals surface area (Å²) >= 11 is 0. The molecule has 35 heavy (non-hydrogen) atoms. The van der Waals surface area contributed by atoms with E-state index in [1.807, 2.05) is 55.4 Å². The molecule has 0 rings (SSSR count). The van der Waals surface area contributed by atoms with Gasteiger partial charge in [-0.1, -0.05) is 92.4 Å². The highest BCUT2D eigenvalue weighted by Gasteiger charge is 2.25. The highest BCUT2D eigenvalue weighted by molar-refractivity contribution is 5.75. The third-order valence-corrected chi connectivity index (χ3v) is 6.57. The minimum absolute atomic E-state index is 0.0292. The number of rotatable bonds is 16. The molecule has 5 nitrogen and oxygen atoms in total. The lowest BCUT2D eigenvalue weighted by molar-refractivity contribution is -0.151. The van der Waals surface area contributed by atoms with Crippen molar-refractivity contribution >= 4 is 11.9 Å². The van der Waals surface area contributed by atoms with E-state index >= 15 is 0 Å². The SMILES string of the molecule is CCC(C)(C)C#N.CCC(C)(C)C(=O)OC.CCCCCCCCCCCCOC(=O)C(C)CC. The molecule has 0 bridgehead atoms. The monoisotopic (exact) mass is 497 g/mol. The Labute approximate surface area is 218 Å². The van der Waals surface area contributed by atoms with Gasteiger partial charge in [-0.05, 0) is 53.4 Å². The maximum atomic E-state index is 11.4. The molecular formula is C30H59NO4. The second-order valence-electron chi connectivity index (χ2n) is 10.7. The molecule has 1 atom stereocenters. The molecule has 0 aromatic heterocycles. The van der Waals surface area contributed by atoms with E-state index in [2.05, 4.69) is 17.7 Å². The van der Waals surface area contributed by atoms with Crippen LogP contribution in [0.25, 0.3) is 0 Å². The Morgan fingerprint density at radius 3 is 1.54 bits per heavy atom. The van der Waals surface area contributed by atoms with Crippen LogP contribution in [-0.4, -0.2) is 25.7 Å². The Hall–Kier alpha value is -1.57. The van der Waals surface area contributed by atoms with E-state index in [4.69, 9.17) is 10.00 Å². The van der Waals surface area contributed by atoms with Crippen molar-refractivity contribution < 1.29 is 19.1 Å². The van der Waals surface area contributed by atoms with Gasteiger partial charge in [-0.25, -0.2) is 0 Å². The number of hydrogen-bond donors (Lipinski definition) is 0. The average molecular weight is 498 g/mol. The lowest BCUT2D eigenvalue weighted by atomic mass is 9.91. The zero-order chi connectivity index (χ0) is 27.8. The first-order valence-electron chi connectivity index (χ1n) is 14.0. The standard InChI is InChI=1S/C17H34O2.C7H14O2.C6H11N/c1-4-6-7-8-9-10-11-12-13-14-15-19-17(18)16(3)5-2;1-5-7(2,3)6(8)9-4;1-4-6(2,3)5-7/h16H,4-15H2,1-3H3;5H2,1-4H3;4H2,1-3H3. The number of carbonyl (C=O) groups is 2. The first-order valence-corrected chi connectivity index (χ1v) is 14.0. The van der Waals surface area contributed by atoms with Crippen molar-refractivity contribution in [1.82, 2.24) is 0 Å². The first kappa shape index (κ1) is 38.0. The first-order chi connectivity index (χ1) is 16.4. The minimum atomic E-state index is -0.311. The van der Waals surface area contributed by atoms with Gasteiger partial charge >= 0.3 is 11.9 Å². The van der Waals surface area contributed by atoms with Gasteiger partial charge in [-0.15, -0.1) is 0 Å². The van der Waals surface area contributed by atoms with Crippen molar-refractivity contribution in [2.45, 2.75) is 146 Å². The van der Waals surface area contributed by atoms with Crippen LogP contribution < -0.4 is 0 Å². The number of methoxy groups -OCH3 is 1. The van der Waals surface area contributed by atoms with E-state index in [0.717, 1.165) is 25.7 Å². The molecule has 0 N–H and O–H groups in total. The van der Waals surface area contributed by atoms with E-state index in [1.54, 1.807) is 0 Å². The maximum Gasteiger partial charge on any atom is 0.311 e. The Morgan fingerprint density at radius 2 is 1.26 bits per heavy atom. The van der Waals surface area contributed by atoms with Gasteiger partial charge in [0.15, 0.2) is 0 Å². The quantitative estimate of drug-likeness (QED) is 0.157. The van der Waals surface area contributed by atoms with Crippen molar-refractivity contribution in [1.29, 1.82) is 5.26 Å². The molecular weight excluding hydrogens is 438 g/mol. The van der Waals surface area contributed by atoms with Gasteiger partial charge in [0, 0.05) is 0 Å². The van der Waals surface area contributed by atoms with Crippen LogP contribution in [-0.2, 0) is 19.1 Å². The summed E-state index contributed by atoms with van der Waals surface area (Å²) < 4.78 is 9.79. The summed E-state index contributed by atoms with van der Waals surface area (Å²) in [7, 11) is 1.42. The van der Waals surface area contributed by atoms with Crippen LogP contribution >= 0.6 is 0 Å². The minimum Gasteiger partial charge on any atom is -0.469 e. The van der Waals surface area contributed by atoms with Crippen molar-refractivity contribution in [2.24, 2.45) is 16.7 Å². The molecule has 0 aliphatic heterocycles. The van der Waals surface area contributed by atoms with Gasteiger partial charge in [0.2, 0.25) is 0 Å². The fourth-order valence-corrected chi connectivity index (χ4v) is 2.57. The summed E-state index contributed by atoms with van der Waals surface area (Å²) in [6, 6.07) is 2.19. The van der Waals surface area contributed by atoms with E-state index in [0.29, 0.717) is 6.61 Å². The molecule has 0 aromatic rings. The number of esters is 2. The fraction of sp³-hybridized carbons (Fsp3) is 0.900. The number of nitrogens with zero attached hydrogens (tertiary/aromatic N) is 1. The topological polar surface area (TPSA) is 76.4 Å². The van der Waals surface area contributed by atoms with Gasteiger partial charge in [0.25, 0.3) is 0 Å². The Balaban J connectivity index is -0.000000527. The summed E-state index contributed by atoms with van der Waals surface area (Å²) in [4.78, 5) is 22.3. The van der Waals surface area contributed by atoms with Gasteiger partial charge in [-0.2, -0.15) is 5.26 Å². The summed E-state index contributed by atoms with van der Waals surface area (Å²) in [5, 5.41) is 8.34. The van der Waals surface area contributed by atoms with Crippen LogP contribution in [0.4, 0.5) is 0 Å². The third kappa shape index (κ3) is 25.3. The zero-order valence-electron chi connectivity index (χ0n) is 25.1. The molecule has 1 unspecified atom stereocenters. The van der Waals surface area contributed by atoms with Crippen LogP contribution in [0.5, 0.6) is 0 Å². The molecule has 0 aliphatic rings. The van der Waals surface area contributed by atoms with Crippen molar-refractivity contribution in [2.75, 3.05) is 13.7 Å². The number of nitriles is 1. The average Bonchev–Trinajstić information content (AvgIpc) is 2.86. The molecule has 208 valence electrons. The largest absolute Gasteiger partial charge is 0.469 e. The molecule has 5 heteroatoms. The van der Waals surface area contributed by atoms with Gasteiger partial charge in [0.1, 0.15) is 0 Å². The second-order valence-corrected chi connectivity index (χ2v) is 10.7. The molecule has 0 amide bonds. The Morgan fingerprint density at radius 1 is 0.800 bits per heavy atom. The normalized spacial score (nSPS) is 11.7. The predicted molar refractivity (Wildman–Crippen MR) is 148 cm³/mol. The smallest absolute Gasteiger partial charge is 0.311 e. The molecule has 0 heterocycles. The van der Waals surface area contributed by atoms with Crippen LogP contribution in [0.1, 0.15) is 146 Å². The van der Waals surface area contributed by atoms with E-state index < -0.39 is 0 Å². The van der Waals surface area contributed by atoms with Crippen LogP contribution in [0.3, 0.4) is 0 Å². The fourth-order valence-electron chi connectivity index (χ4n) is 2.57.